The molecule has 0 aliphatic heterocycles. The van der Waals surface area contributed by atoms with Crippen LogP contribution in [0.1, 0.15) is 50.4 Å². The van der Waals surface area contributed by atoms with Crippen LogP contribution >= 0.6 is 0 Å². The molecule has 0 radical (unpaired) electrons. The molecule has 1 atom stereocenters. The van der Waals surface area contributed by atoms with Crippen molar-refractivity contribution in [3.63, 3.8) is 0 Å². The molecule has 10 nitrogen and oxygen atoms in total. The quantitative estimate of drug-likeness (QED) is 0.284. The normalized spacial score (nSPS) is 11.7. The maximum atomic E-state index is 12.5. The molecule has 27 heavy (non-hydrogen) atoms. The molecule has 0 aliphatic rings. The molecule has 1 amide bonds. The molecular formula is C17H23N3O7. The predicted octanol–water partition coefficient (Wildman–Crippen LogP) is 2.99. The van der Waals surface area contributed by atoms with Gasteiger partial charge in [-0.2, -0.15) is 0 Å². The Morgan fingerprint density at radius 1 is 1.11 bits per heavy atom. The molecule has 0 saturated heterocycles. The lowest BCUT2D eigenvalue weighted by molar-refractivity contribution is -0.394. The van der Waals surface area contributed by atoms with E-state index >= 15 is 0 Å². The molecule has 0 spiro atoms. The first kappa shape index (κ1) is 22.0. The summed E-state index contributed by atoms with van der Waals surface area (Å²) in [6, 6.07) is 1.67. The third-order valence-electron chi connectivity index (χ3n) is 3.63. The first-order valence-electron chi connectivity index (χ1n) is 8.57. The summed E-state index contributed by atoms with van der Waals surface area (Å²) < 4.78 is 5.14. The molecule has 148 valence electrons. The summed E-state index contributed by atoms with van der Waals surface area (Å²) in [7, 11) is 0. The van der Waals surface area contributed by atoms with E-state index < -0.39 is 39.1 Å². The van der Waals surface area contributed by atoms with E-state index in [1.54, 1.807) is 0 Å². The van der Waals surface area contributed by atoms with E-state index in [2.05, 4.69) is 5.32 Å². The van der Waals surface area contributed by atoms with Crippen molar-refractivity contribution in [2.24, 2.45) is 5.92 Å². The van der Waals surface area contributed by atoms with E-state index in [1.807, 2.05) is 20.8 Å². The van der Waals surface area contributed by atoms with Crippen LogP contribution in [0.2, 0.25) is 0 Å². The van der Waals surface area contributed by atoms with E-state index in [0.717, 1.165) is 24.6 Å². The minimum Gasteiger partial charge on any atom is -0.464 e. The Labute approximate surface area is 156 Å². The number of ether oxygens (including phenoxy) is 1. The number of nitro groups is 2. The van der Waals surface area contributed by atoms with Crippen molar-refractivity contribution in [3.8, 4) is 0 Å². The van der Waals surface area contributed by atoms with Crippen molar-refractivity contribution in [3.05, 3.63) is 44.0 Å². The Morgan fingerprint density at radius 3 is 2.11 bits per heavy atom. The second-order valence-electron chi connectivity index (χ2n) is 6.43. The fourth-order valence-electron chi connectivity index (χ4n) is 2.28. The first-order valence-corrected chi connectivity index (χ1v) is 8.57. The number of carbonyl (C=O) groups is 2. The zero-order valence-electron chi connectivity index (χ0n) is 15.5. The van der Waals surface area contributed by atoms with Gasteiger partial charge in [0.2, 0.25) is 0 Å². The summed E-state index contributed by atoms with van der Waals surface area (Å²) in [5, 5.41) is 24.4. The number of esters is 1. The van der Waals surface area contributed by atoms with Gasteiger partial charge in [0.05, 0.1) is 28.1 Å². The summed E-state index contributed by atoms with van der Waals surface area (Å²) in [6.07, 6.45) is 1.82. The smallest absolute Gasteiger partial charge is 0.328 e. The largest absolute Gasteiger partial charge is 0.464 e. The molecule has 1 aromatic rings. The van der Waals surface area contributed by atoms with E-state index in [-0.39, 0.29) is 18.1 Å². The van der Waals surface area contributed by atoms with Crippen LogP contribution < -0.4 is 5.32 Å². The van der Waals surface area contributed by atoms with Gasteiger partial charge in [-0.1, -0.05) is 27.2 Å². The number of nitro benzene ring substituents is 2. The van der Waals surface area contributed by atoms with Gasteiger partial charge in [-0.05, 0) is 18.8 Å². The van der Waals surface area contributed by atoms with E-state index in [0.29, 0.717) is 12.8 Å². The van der Waals surface area contributed by atoms with Gasteiger partial charge >= 0.3 is 5.97 Å². The van der Waals surface area contributed by atoms with E-state index in [9.17, 15) is 29.8 Å². The topological polar surface area (TPSA) is 142 Å². The Morgan fingerprint density at radius 2 is 1.67 bits per heavy atom. The third-order valence-corrected chi connectivity index (χ3v) is 3.63. The van der Waals surface area contributed by atoms with Crippen LogP contribution in [0.25, 0.3) is 0 Å². The van der Waals surface area contributed by atoms with Gasteiger partial charge < -0.3 is 10.1 Å². The highest BCUT2D eigenvalue weighted by Gasteiger charge is 2.26. The molecule has 0 unspecified atom stereocenters. The van der Waals surface area contributed by atoms with Gasteiger partial charge in [0.25, 0.3) is 17.3 Å². The number of rotatable bonds is 10. The second-order valence-corrected chi connectivity index (χ2v) is 6.43. The molecule has 0 saturated carbocycles. The zero-order valence-corrected chi connectivity index (χ0v) is 15.5. The number of non-ortho nitro benzene ring substituents is 2. The fraction of sp³-hybridized carbons (Fsp3) is 0.529. The van der Waals surface area contributed by atoms with Crippen LogP contribution in [0.5, 0.6) is 0 Å². The molecule has 0 heterocycles. The molecule has 0 fully saturated rings. The van der Waals surface area contributed by atoms with E-state index in [4.69, 9.17) is 4.74 Å². The average Bonchev–Trinajstić information content (AvgIpc) is 2.60. The lowest BCUT2D eigenvalue weighted by Crippen LogP contribution is -2.42. The molecule has 1 N–H and O–H groups in total. The molecule has 1 rings (SSSR count). The third kappa shape index (κ3) is 7.00. The lowest BCUT2D eigenvalue weighted by atomic mass is 10.0. The molecule has 0 aliphatic carbocycles. The summed E-state index contributed by atoms with van der Waals surface area (Å²) >= 11 is 0. The standard InChI is InChI=1S/C17H23N3O7/c1-4-5-6-27-17(22)15(7-11(2)3)18-16(21)12-8-13(19(23)24)10-14(9-12)20(25)26/h8-11,15H,4-7H2,1-3H3,(H,18,21)/t15-/m0/s1. The van der Waals surface area contributed by atoms with Gasteiger partial charge in [0.15, 0.2) is 0 Å². The Kier molecular flexibility index (Phi) is 8.31. The number of hydrogen-bond donors (Lipinski definition) is 1. The van der Waals surface area contributed by atoms with Crippen molar-refractivity contribution in [2.45, 2.75) is 46.1 Å². The summed E-state index contributed by atoms with van der Waals surface area (Å²) in [5.74, 6) is -1.36. The number of nitrogens with zero attached hydrogens (tertiary/aromatic N) is 2. The van der Waals surface area contributed by atoms with Gasteiger partial charge in [-0.25, -0.2) is 4.79 Å². The molecule has 10 heteroatoms. The average molecular weight is 381 g/mol. The zero-order chi connectivity index (χ0) is 20.6. The Balaban J connectivity index is 3.04. The molecular weight excluding hydrogens is 358 g/mol. The number of benzene rings is 1. The van der Waals surface area contributed by atoms with Crippen LogP contribution in [-0.4, -0.2) is 34.4 Å². The second kappa shape index (κ2) is 10.2. The first-order chi connectivity index (χ1) is 12.6. The van der Waals surface area contributed by atoms with Crippen molar-refractivity contribution in [1.82, 2.24) is 5.32 Å². The van der Waals surface area contributed by atoms with Gasteiger partial charge in [0, 0.05) is 12.1 Å². The van der Waals surface area contributed by atoms with Gasteiger partial charge in [-0.15, -0.1) is 0 Å². The summed E-state index contributed by atoms with van der Waals surface area (Å²) in [4.78, 5) is 44.9. The molecule has 0 aromatic heterocycles. The maximum Gasteiger partial charge on any atom is 0.328 e. The van der Waals surface area contributed by atoms with Gasteiger partial charge in [0.1, 0.15) is 6.04 Å². The number of hydrogen-bond acceptors (Lipinski definition) is 7. The minimum absolute atomic E-state index is 0.0634. The lowest BCUT2D eigenvalue weighted by Gasteiger charge is -2.19. The van der Waals surface area contributed by atoms with Crippen molar-refractivity contribution >= 4 is 23.3 Å². The van der Waals surface area contributed by atoms with Crippen molar-refractivity contribution in [1.29, 1.82) is 0 Å². The highest BCUT2D eigenvalue weighted by Crippen LogP contribution is 2.23. The molecule has 0 bridgehead atoms. The minimum atomic E-state index is -0.951. The van der Waals surface area contributed by atoms with E-state index in [1.165, 1.54) is 0 Å². The number of carbonyl (C=O) groups excluding carboxylic acids is 2. The van der Waals surface area contributed by atoms with Crippen LogP contribution in [0.3, 0.4) is 0 Å². The Hall–Kier alpha value is -3.04. The number of unbranched alkanes of at least 4 members (excludes halogenated alkanes) is 1. The highest BCUT2D eigenvalue weighted by atomic mass is 16.6. The number of nitrogens with one attached hydrogen (secondary N) is 1. The fourth-order valence-corrected chi connectivity index (χ4v) is 2.28. The van der Waals surface area contributed by atoms with Crippen LogP contribution in [0.4, 0.5) is 11.4 Å². The highest BCUT2D eigenvalue weighted by molar-refractivity contribution is 5.97. The predicted molar refractivity (Wildman–Crippen MR) is 96.3 cm³/mol. The Bertz CT molecular complexity index is 686. The summed E-state index contributed by atoms with van der Waals surface area (Å²) in [5.41, 5.74) is -1.44. The van der Waals surface area contributed by atoms with Crippen molar-refractivity contribution < 1.29 is 24.2 Å². The van der Waals surface area contributed by atoms with Crippen LogP contribution in [0, 0.1) is 26.1 Å². The van der Waals surface area contributed by atoms with Gasteiger partial charge in [-0.3, -0.25) is 25.0 Å². The number of amides is 1. The van der Waals surface area contributed by atoms with Crippen molar-refractivity contribution in [2.75, 3.05) is 6.61 Å². The maximum absolute atomic E-state index is 12.5. The van der Waals surface area contributed by atoms with Crippen LogP contribution in [0.15, 0.2) is 18.2 Å². The summed E-state index contributed by atoms with van der Waals surface area (Å²) in [6.45, 7) is 5.88. The monoisotopic (exact) mass is 381 g/mol. The molecule has 1 aromatic carbocycles. The SMILES string of the molecule is CCCCOC(=O)[C@H](CC(C)C)NC(=O)c1cc([N+](=O)[O-])cc([N+](=O)[O-])c1. The van der Waals surface area contributed by atoms with Crippen LogP contribution in [-0.2, 0) is 9.53 Å².